The average molecular weight is 265 g/mol. The Kier molecular flexibility index (Phi) is 3.44. The Morgan fingerprint density at radius 3 is 2.38 bits per heavy atom. The zero-order valence-electron chi connectivity index (χ0n) is 8.52. The molecule has 0 unspecified atom stereocenters. The van der Waals surface area contributed by atoms with Gasteiger partial charge < -0.3 is 9.84 Å². The minimum atomic E-state index is -4.05. The molecule has 1 aromatic carbocycles. The third-order valence-corrected chi connectivity index (χ3v) is 3.52. The molecule has 0 heterocycles. The molecule has 7 heteroatoms. The van der Waals surface area contributed by atoms with Crippen LogP contribution in [0, 0.1) is 6.92 Å². The molecule has 0 aromatic heterocycles. The lowest BCUT2D eigenvalue weighted by Crippen LogP contribution is -2.06. The van der Waals surface area contributed by atoms with Crippen molar-refractivity contribution in [3.63, 3.8) is 0 Å². The number of methoxy groups -OCH3 is 1. The predicted octanol–water partition coefficient (Wildman–Crippen LogP) is 1.63. The van der Waals surface area contributed by atoms with Crippen LogP contribution in [0.4, 0.5) is 0 Å². The number of carboxylic acids is 1. The molecule has 88 valence electrons. The van der Waals surface area contributed by atoms with Gasteiger partial charge >= 0.3 is 5.97 Å². The van der Waals surface area contributed by atoms with Crippen LogP contribution < -0.4 is 4.74 Å². The molecule has 0 aliphatic rings. The summed E-state index contributed by atoms with van der Waals surface area (Å²) in [6.07, 6.45) is 0. The molecule has 0 aliphatic carbocycles. The minimum Gasteiger partial charge on any atom is -0.495 e. The highest BCUT2D eigenvalue weighted by Crippen LogP contribution is 2.32. The van der Waals surface area contributed by atoms with Crippen LogP contribution in [0.3, 0.4) is 0 Å². The summed E-state index contributed by atoms with van der Waals surface area (Å²) in [7, 11) is 2.45. The van der Waals surface area contributed by atoms with E-state index in [1.54, 1.807) is 0 Å². The van der Waals surface area contributed by atoms with Crippen molar-refractivity contribution in [3.8, 4) is 5.75 Å². The monoisotopic (exact) mass is 264 g/mol. The first-order valence-electron chi connectivity index (χ1n) is 4.14. The predicted molar refractivity (Wildman–Crippen MR) is 57.7 cm³/mol. The fourth-order valence-corrected chi connectivity index (χ4v) is 2.80. The third kappa shape index (κ3) is 2.28. The molecule has 5 nitrogen and oxygen atoms in total. The van der Waals surface area contributed by atoms with Gasteiger partial charge in [-0.15, -0.1) is 0 Å². The first-order valence-corrected chi connectivity index (χ1v) is 6.45. The van der Waals surface area contributed by atoms with Gasteiger partial charge in [-0.1, -0.05) is 0 Å². The van der Waals surface area contributed by atoms with E-state index in [0.717, 1.165) is 0 Å². The van der Waals surface area contributed by atoms with Crippen LogP contribution in [0.2, 0.25) is 0 Å². The van der Waals surface area contributed by atoms with Gasteiger partial charge in [0, 0.05) is 10.7 Å². The number of hydrogen-bond donors (Lipinski definition) is 1. The first kappa shape index (κ1) is 12.8. The fourth-order valence-electron chi connectivity index (χ4n) is 1.36. The summed E-state index contributed by atoms with van der Waals surface area (Å²) in [5.41, 5.74) is -0.0677. The number of hydrogen-bond acceptors (Lipinski definition) is 4. The summed E-state index contributed by atoms with van der Waals surface area (Å²) in [4.78, 5) is 10.5. The number of halogens is 1. The van der Waals surface area contributed by atoms with Gasteiger partial charge in [-0.25, -0.2) is 13.2 Å². The zero-order valence-corrected chi connectivity index (χ0v) is 10.1. The molecule has 16 heavy (non-hydrogen) atoms. The zero-order chi connectivity index (χ0) is 12.5. The highest BCUT2D eigenvalue weighted by atomic mass is 35.7. The van der Waals surface area contributed by atoms with Gasteiger partial charge in [0.05, 0.1) is 12.7 Å². The fraction of sp³-hybridized carbons (Fsp3) is 0.222. The van der Waals surface area contributed by atoms with Crippen molar-refractivity contribution in [2.45, 2.75) is 11.8 Å². The molecular weight excluding hydrogens is 256 g/mol. The molecule has 1 aromatic rings. The Morgan fingerprint density at radius 1 is 1.44 bits per heavy atom. The van der Waals surface area contributed by atoms with E-state index in [1.807, 2.05) is 0 Å². The largest absolute Gasteiger partial charge is 0.495 e. The van der Waals surface area contributed by atoms with Gasteiger partial charge in [0.25, 0.3) is 9.05 Å². The molecule has 0 saturated heterocycles. The van der Waals surface area contributed by atoms with Gasteiger partial charge in [0.15, 0.2) is 0 Å². The molecule has 0 bridgehead atoms. The summed E-state index contributed by atoms with van der Waals surface area (Å²) in [5, 5.41) is 8.84. The standard InChI is InChI=1S/C9H9ClO5S/c1-5-6(9(11)12)3-4-7(15-2)8(5)16(10,13)14/h3-4H,1-2H3,(H,11,12). The molecule has 1 rings (SSSR count). The van der Waals surface area contributed by atoms with Crippen LogP contribution in [0.1, 0.15) is 15.9 Å². The van der Waals surface area contributed by atoms with E-state index in [1.165, 1.54) is 26.2 Å². The van der Waals surface area contributed by atoms with Crippen molar-refractivity contribution in [2.24, 2.45) is 0 Å². The van der Waals surface area contributed by atoms with Crippen molar-refractivity contribution >= 4 is 25.7 Å². The molecule has 1 N–H and O–H groups in total. The second-order valence-electron chi connectivity index (χ2n) is 3.01. The van der Waals surface area contributed by atoms with Crippen LogP contribution in [-0.2, 0) is 9.05 Å². The SMILES string of the molecule is COc1ccc(C(=O)O)c(C)c1S(=O)(=O)Cl. The average Bonchev–Trinajstić information content (AvgIpc) is 2.14. The van der Waals surface area contributed by atoms with Crippen LogP contribution in [0.5, 0.6) is 5.75 Å². The Hall–Kier alpha value is -1.27. The highest BCUT2D eigenvalue weighted by molar-refractivity contribution is 8.13. The van der Waals surface area contributed by atoms with E-state index < -0.39 is 15.0 Å². The first-order chi connectivity index (χ1) is 7.29. The Labute approximate surface area is 97.0 Å². The van der Waals surface area contributed by atoms with E-state index in [9.17, 15) is 13.2 Å². The lowest BCUT2D eigenvalue weighted by Gasteiger charge is -2.10. The Morgan fingerprint density at radius 2 is 2.00 bits per heavy atom. The number of carboxylic acid groups (broad SMARTS) is 1. The van der Waals surface area contributed by atoms with Crippen LogP contribution in [0.25, 0.3) is 0 Å². The summed E-state index contributed by atoms with van der Waals surface area (Å²) < 4.78 is 27.4. The van der Waals surface area contributed by atoms with Gasteiger partial charge in [-0.3, -0.25) is 0 Å². The Bertz CT molecular complexity index is 535. The molecule has 0 radical (unpaired) electrons. The number of aromatic carboxylic acids is 1. The topological polar surface area (TPSA) is 80.7 Å². The van der Waals surface area contributed by atoms with Crippen molar-refractivity contribution < 1.29 is 23.1 Å². The third-order valence-electron chi connectivity index (χ3n) is 2.06. The van der Waals surface area contributed by atoms with E-state index >= 15 is 0 Å². The molecule has 0 aliphatic heterocycles. The van der Waals surface area contributed by atoms with Gasteiger partial charge in [0.1, 0.15) is 10.6 Å². The number of benzene rings is 1. The maximum absolute atomic E-state index is 11.3. The van der Waals surface area contributed by atoms with E-state index in [-0.39, 0.29) is 21.8 Å². The van der Waals surface area contributed by atoms with Crippen LogP contribution in [-0.4, -0.2) is 26.6 Å². The van der Waals surface area contributed by atoms with Crippen molar-refractivity contribution in [2.75, 3.05) is 7.11 Å². The summed E-state index contributed by atoms with van der Waals surface area (Å²) in [5.74, 6) is -1.20. The number of rotatable bonds is 3. The maximum Gasteiger partial charge on any atom is 0.336 e. The molecule has 0 amide bonds. The van der Waals surface area contributed by atoms with Gasteiger partial charge in [0.2, 0.25) is 0 Å². The second kappa shape index (κ2) is 4.31. The summed E-state index contributed by atoms with van der Waals surface area (Å²) >= 11 is 0. The van der Waals surface area contributed by atoms with Crippen LogP contribution in [0.15, 0.2) is 17.0 Å². The molecular formula is C9H9ClO5S. The lowest BCUT2D eigenvalue weighted by molar-refractivity contribution is 0.0695. The molecule has 0 fully saturated rings. The molecule has 0 spiro atoms. The number of ether oxygens (including phenoxy) is 1. The Balaban J connectivity index is 3.67. The van der Waals surface area contributed by atoms with Crippen molar-refractivity contribution in [1.29, 1.82) is 0 Å². The molecule has 0 atom stereocenters. The van der Waals surface area contributed by atoms with E-state index in [4.69, 9.17) is 20.5 Å². The normalized spacial score (nSPS) is 11.2. The van der Waals surface area contributed by atoms with E-state index in [0.29, 0.717) is 0 Å². The lowest BCUT2D eigenvalue weighted by atomic mass is 10.1. The van der Waals surface area contributed by atoms with Gasteiger partial charge in [-0.2, -0.15) is 0 Å². The summed E-state index contributed by atoms with van der Waals surface area (Å²) in [6.45, 7) is 1.36. The molecule has 0 saturated carbocycles. The smallest absolute Gasteiger partial charge is 0.336 e. The van der Waals surface area contributed by atoms with Crippen molar-refractivity contribution in [1.82, 2.24) is 0 Å². The maximum atomic E-state index is 11.3. The van der Waals surface area contributed by atoms with Crippen molar-refractivity contribution in [3.05, 3.63) is 23.3 Å². The highest BCUT2D eigenvalue weighted by Gasteiger charge is 2.23. The van der Waals surface area contributed by atoms with E-state index in [2.05, 4.69) is 0 Å². The van der Waals surface area contributed by atoms with Crippen LogP contribution >= 0.6 is 10.7 Å². The van der Waals surface area contributed by atoms with Gasteiger partial charge in [-0.05, 0) is 24.6 Å². The second-order valence-corrected chi connectivity index (χ2v) is 5.52. The number of carbonyl (C=O) groups is 1. The quantitative estimate of drug-likeness (QED) is 0.839. The summed E-state index contributed by atoms with van der Waals surface area (Å²) in [6, 6.07) is 2.52. The minimum absolute atomic E-state index is 0.0255.